The van der Waals surface area contributed by atoms with E-state index in [1.165, 1.54) is 29.2 Å². The van der Waals surface area contributed by atoms with E-state index < -0.39 is 17.7 Å². The molecule has 3 rings (SSSR count). The summed E-state index contributed by atoms with van der Waals surface area (Å²) < 4.78 is 32.0. The molecule has 1 aliphatic heterocycles. The van der Waals surface area contributed by atoms with Crippen LogP contribution in [0.25, 0.3) is 12.2 Å². The third-order valence-corrected chi connectivity index (χ3v) is 4.21. The molecule has 0 bridgehead atoms. The van der Waals surface area contributed by atoms with Crippen LogP contribution in [0, 0.1) is 11.6 Å². The molecule has 2 aromatic rings. The molecule has 0 radical (unpaired) electrons. The van der Waals surface area contributed by atoms with Crippen LogP contribution in [0.1, 0.15) is 18.1 Å². The Morgan fingerprint density at radius 2 is 1.50 bits per heavy atom. The zero-order valence-electron chi connectivity index (χ0n) is 15.3. The molecule has 0 aliphatic carbocycles. The smallest absolute Gasteiger partial charge is 0.410 e. The minimum absolute atomic E-state index is 0.0503. The monoisotopic (exact) mass is 383 g/mol. The number of hydrogen-bond donors (Lipinski definition) is 0. The summed E-state index contributed by atoms with van der Waals surface area (Å²) in [5, 5.41) is 0. The fourth-order valence-corrected chi connectivity index (χ4v) is 2.98. The molecule has 0 spiro atoms. The number of carbonyl (C=O) groups is 2. The van der Waals surface area contributed by atoms with Crippen molar-refractivity contribution in [2.45, 2.75) is 6.92 Å². The van der Waals surface area contributed by atoms with E-state index in [-0.39, 0.29) is 25.5 Å². The molecular weight excluding hydrogens is 364 g/mol. The highest BCUT2D eigenvalue weighted by Gasteiger charge is 2.29. The molecule has 2 aromatic carbocycles. The first kappa shape index (κ1) is 19.5. The summed E-state index contributed by atoms with van der Waals surface area (Å²) in [4.78, 5) is 26.5. The van der Waals surface area contributed by atoms with Crippen molar-refractivity contribution in [2.75, 3.05) is 19.7 Å². The number of likely N-dealkylation sites (tertiary alicyclic amines) is 1. The Labute approximate surface area is 161 Å². The van der Waals surface area contributed by atoms with Crippen LogP contribution in [0.3, 0.4) is 0 Å². The number of Topliss-reactive ketones (excluding diaryl/α,β-unsaturated/α-hetero) is 1. The molecule has 0 atom stereocenters. The summed E-state index contributed by atoms with van der Waals surface area (Å²) >= 11 is 0. The highest BCUT2D eigenvalue weighted by molar-refractivity contribution is 6.15. The summed E-state index contributed by atoms with van der Waals surface area (Å²) in [6.45, 7) is 2.00. The second-order valence-corrected chi connectivity index (χ2v) is 6.33. The summed E-state index contributed by atoms with van der Waals surface area (Å²) in [5.41, 5.74) is 1.68. The summed E-state index contributed by atoms with van der Waals surface area (Å²) in [5.74, 6) is -1.11. The quantitative estimate of drug-likeness (QED) is 0.735. The maximum absolute atomic E-state index is 13.5. The molecule has 0 aromatic heterocycles. The van der Waals surface area contributed by atoms with Crippen molar-refractivity contribution in [2.24, 2.45) is 0 Å². The van der Waals surface area contributed by atoms with Gasteiger partial charge < -0.3 is 4.74 Å². The van der Waals surface area contributed by atoms with Crippen LogP contribution in [0.5, 0.6) is 0 Å². The van der Waals surface area contributed by atoms with Crippen LogP contribution >= 0.6 is 0 Å². The number of benzene rings is 2. The van der Waals surface area contributed by atoms with E-state index in [1.54, 1.807) is 43.3 Å². The number of halogens is 2. The third kappa shape index (κ3) is 4.71. The number of ether oxygens (including phenoxy) is 1. The molecule has 1 heterocycles. The van der Waals surface area contributed by atoms with Gasteiger partial charge in [0.2, 0.25) is 0 Å². The number of piperidine rings is 1. The first-order valence-electron chi connectivity index (χ1n) is 8.85. The Hall–Kier alpha value is -3.28. The predicted octanol–water partition coefficient (Wildman–Crippen LogP) is 4.47. The topological polar surface area (TPSA) is 46.6 Å². The van der Waals surface area contributed by atoms with Crippen molar-refractivity contribution < 1.29 is 23.1 Å². The Kier molecular flexibility index (Phi) is 5.99. The summed E-state index contributed by atoms with van der Waals surface area (Å²) in [7, 11) is 0. The predicted molar refractivity (Wildman–Crippen MR) is 102 cm³/mol. The third-order valence-electron chi connectivity index (χ3n) is 4.21. The SMILES string of the molecule is CCOC(=O)N1C/C(=C/c2cccc(F)c2)C(=O)/C(=C\c2cccc(F)c2)C1. The van der Waals surface area contributed by atoms with Gasteiger partial charge in [0.15, 0.2) is 5.78 Å². The fraction of sp³-hybridized carbons (Fsp3) is 0.182. The van der Waals surface area contributed by atoms with Crippen molar-refractivity contribution in [1.29, 1.82) is 0 Å². The molecule has 0 N–H and O–H groups in total. The van der Waals surface area contributed by atoms with Gasteiger partial charge in [-0.05, 0) is 54.5 Å². The molecule has 6 heteroatoms. The van der Waals surface area contributed by atoms with E-state index in [2.05, 4.69) is 0 Å². The van der Waals surface area contributed by atoms with Gasteiger partial charge in [0.1, 0.15) is 11.6 Å². The average Bonchev–Trinajstić information content (AvgIpc) is 2.65. The van der Waals surface area contributed by atoms with Crippen LogP contribution in [0.15, 0.2) is 59.7 Å². The molecule has 1 fully saturated rings. The van der Waals surface area contributed by atoms with Gasteiger partial charge in [0, 0.05) is 11.1 Å². The van der Waals surface area contributed by atoms with Crippen molar-refractivity contribution >= 4 is 24.0 Å². The van der Waals surface area contributed by atoms with Gasteiger partial charge in [-0.15, -0.1) is 0 Å². The number of amides is 1. The second kappa shape index (κ2) is 8.61. The summed E-state index contributed by atoms with van der Waals surface area (Å²) in [6, 6.07) is 11.7. The average molecular weight is 383 g/mol. The maximum atomic E-state index is 13.5. The Morgan fingerprint density at radius 3 is 1.93 bits per heavy atom. The lowest BCUT2D eigenvalue weighted by molar-refractivity contribution is -0.113. The highest BCUT2D eigenvalue weighted by Crippen LogP contribution is 2.23. The summed E-state index contributed by atoms with van der Waals surface area (Å²) in [6.07, 6.45) is 2.55. The first-order valence-corrected chi connectivity index (χ1v) is 8.85. The highest BCUT2D eigenvalue weighted by atomic mass is 19.1. The van der Waals surface area contributed by atoms with E-state index in [0.29, 0.717) is 22.3 Å². The largest absolute Gasteiger partial charge is 0.450 e. The molecule has 0 saturated carbocycles. The first-order chi connectivity index (χ1) is 13.5. The fourth-order valence-electron chi connectivity index (χ4n) is 2.98. The molecule has 4 nitrogen and oxygen atoms in total. The van der Waals surface area contributed by atoms with Crippen LogP contribution in [-0.2, 0) is 9.53 Å². The Bertz CT molecular complexity index is 898. The number of nitrogens with zero attached hydrogens (tertiary/aromatic N) is 1. The Morgan fingerprint density at radius 1 is 1.00 bits per heavy atom. The van der Waals surface area contributed by atoms with Gasteiger partial charge in [-0.25, -0.2) is 13.6 Å². The number of rotatable bonds is 3. The minimum Gasteiger partial charge on any atom is -0.450 e. The van der Waals surface area contributed by atoms with E-state index in [0.717, 1.165) is 0 Å². The van der Waals surface area contributed by atoms with Gasteiger partial charge in [0.05, 0.1) is 19.7 Å². The molecule has 1 amide bonds. The Balaban J connectivity index is 1.99. The van der Waals surface area contributed by atoms with Gasteiger partial charge in [0.25, 0.3) is 0 Å². The lowest BCUT2D eigenvalue weighted by Crippen LogP contribution is -2.41. The van der Waals surface area contributed by atoms with Crippen LogP contribution in [0.4, 0.5) is 13.6 Å². The molecule has 1 saturated heterocycles. The molecule has 0 unspecified atom stereocenters. The van der Waals surface area contributed by atoms with E-state index in [1.807, 2.05) is 0 Å². The molecular formula is C22H19F2NO3. The van der Waals surface area contributed by atoms with Crippen molar-refractivity contribution in [1.82, 2.24) is 4.90 Å². The van der Waals surface area contributed by atoms with Crippen molar-refractivity contribution in [3.63, 3.8) is 0 Å². The molecule has 144 valence electrons. The van der Waals surface area contributed by atoms with Gasteiger partial charge in [-0.1, -0.05) is 24.3 Å². The number of carbonyl (C=O) groups excluding carboxylic acids is 2. The molecule has 28 heavy (non-hydrogen) atoms. The van der Waals surface area contributed by atoms with Crippen molar-refractivity contribution in [3.05, 3.63) is 82.4 Å². The molecule has 1 aliphatic rings. The normalized spacial score (nSPS) is 17.2. The number of hydrogen-bond acceptors (Lipinski definition) is 3. The number of ketones is 1. The maximum Gasteiger partial charge on any atom is 0.410 e. The van der Waals surface area contributed by atoms with Crippen LogP contribution < -0.4 is 0 Å². The van der Waals surface area contributed by atoms with Crippen LogP contribution in [-0.4, -0.2) is 36.5 Å². The van der Waals surface area contributed by atoms with Gasteiger partial charge in [-0.3, -0.25) is 9.69 Å². The van der Waals surface area contributed by atoms with E-state index >= 15 is 0 Å². The van der Waals surface area contributed by atoms with Gasteiger partial charge in [-0.2, -0.15) is 0 Å². The lowest BCUT2D eigenvalue weighted by Gasteiger charge is -2.29. The standard InChI is InChI=1S/C22H19F2NO3/c1-2-28-22(27)25-13-17(9-15-5-3-7-19(23)11-15)21(26)18(14-25)10-16-6-4-8-20(24)12-16/h3-12H,2,13-14H2,1H3/b17-9-,18-10-. The van der Waals surface area contributed by atoms with E-state index in [9.17, 15) is 18.4 Å². The second-order valence-electron chi connectivity index (χ2n) is 6.33. The van der Waals surface area contributed by atoms with Crippen LogP contribution in [0.2, 0.25) is 0 Å². The van der Waals surface area contributed by atoms with Crippen molar-refractivity contribution in [3.8, 4) is 0 Å². The zero-order chi connectivity index (χ0) is 20.1. The lowest BCUT2D eigenvalue weighted by atomic mass is 9.94. The van der Waals surface area contributed by atoms with Gasteiger partial charge >= 0.3 is 6.09 Å². The van der Waals surface area contributed by atoms with E-state index in [4.69, 9.17) is 4.74 Å². The zero-order valence-corrected chi connectivity index (χ0v) is 15.3. The minimum atomic E-state index is -0.551.